The molecule has 0 radical (unpaired) electrons. The molecule has 0 spiro atoms. The zero-order chi connectivity index (χ0) is 11.7. The van der Waals surface area contributed by atoms with Gasteiger partial charge in [0.25, 0.3) is 5.97 Å². The van der Waals surface area contributed by atoms with E-state index in [-0.39, 0.29) is 5.84 Å². The van der Waals surface area contributed by atoms with Crippen LogP contribution in [-0.4, -0.2) is 16.9 Å². The molecule has 0 aliphatic rings. The summed E-state index contributed by atoms with van der Waals surface area (Å²) in [7, 11) is 0. The normalized spacial score (nSPS) is 8.60. The minimum absolute atomic E-state index is 0.258. The fourth-order valence-corrected chi connectivity index (χ4v) is 0.924. The number of benzene rings is 1. The predicted molar refractivity (Wildman–Crippen MR) is 60.0 cm³/mol. The van der Waals surface area contributed by atoms with Gasteiger partial charge in [0.05, 0.1) is 5.84 Å². The molecular weight excluding hydrogens is 192 g/mol. The Labute approximate surface area is 89.2 Å². The van der Waals surface area contributed by atoms with Crippen LogP contribution in [0.4, 0.5) is 0 Å². The van der Waals surface area contributed by atoms with Crippen LogP contribution >= 0.6 is 0 Å². The minimum atomic E-state index is -0.833. The molecule has 0 saturated heterocycles. The predicted octanol–water partition coefficient (Wildman–Crippen LogP) is 1.65. The fourth-order valence-electron chi connectivity index (χ4n) is 0.924. The van der Waals surface area contributed by atoms with Gasteiger partial charge in [-0.25, -0.2) is 0 Å². The van der Waals surface area contributed by atoms with Crippen molar-refractivity contribution < 1.29 is 9.90 Å². The highest BCUT2D eigenvalue weighted by atomic mass is 16.4. The van der Waals surface area contributed by atoms with Crippen molar-refractivity contribution >= 4 is 11.8 Å². The summed E-state index contributed by atoms with van der Waals surface area (Å²) in [6.45, 7) is 1.08. The average molecular weight is 208 g/mol. The van der Waals surface area contributed by atoms with E-state index in [1.54, 1.807) is 0 Å². The summed E-state index contributed by atoms with van der Waals surface area (Å²) in [5, 5.41) is 14.4. The molecular formula is C11H16N2O2. The fraction of sp³-hybridized carbons (Fsp3) is 0.273. The van der Waals surface area contributed by atoms with Gasteiger partial charge in [-0.05, 0) is 12.0 Å². The maximum absolute atomic E-state index is 9.00. The van der Waals surface area contributed by atoms with E-state index in [0.29, 0.717) is 6.42 Å². The van der Waals surface area contributed by atoms with E-state index >= 15 is 0 Å². The number of nitrogens with one attached hydrogen (secondary N) is 1. The molecule has 1 aromatic rings. The largest absolute Gasteiger partial charge is 0.481 e. The molecule has 15 heavy (non-hydrogen) atoms. The van der Waals surface area contributed by atoms with Crippen molar-refractivity contribution in [1.82, 2.24) is 0 Å². The number of carboxylic acid groups (broad SMARTS) is 1. The highest BCUT2D eigenvalue weighted by Gasteiger charge is 1.91. The number of hydrogen-bond donors (Lipinski definition) is 3. The first-order chi connectivity index (χ1) is 7.02. The topological polar surface area (TPSA) is 87.2 Å². The van der Waals surface area contributed by atoms with E-state index in [1.165, 1.54) is 5.56 Å². The molecule has 0 heterocycles. The van der Waals surface area contributed by atoms with Crippen LogP contribution in [0.5, 0.6) is 0 Å². The Morgan fingerprint density at radius 3 is 2.27 bits per heavy atom. The molecule has 0 fully saturated rings. The highest BCUT2D eigenvalue weighted by Crippen LogP contribution is 2.01. The van der Waals surface area contributed by atoms with E-state index in [9.17, 15) is 0 Å². The third kappa shape index (κ3) is 10.1. The van der Waals surface area contributed by atoms with Crippen molar-refractivity contribution in [2.75, 3.05) is 0 Å². The van der Waals surface area contributed by atoms with E-state index in [4.69, 9.17) is 21.0 Å². The van der Waals surface area contributed by atoms with E-state index in [2.05, 4.69) is 0 Å². The van der Waals surface area contributed by atoms with Crippen LogP contribution in [0.3, 0.4) is 0 Å². The van der Waals surface area contributed by atoms with Gasteiger partial charge in [0.15, 0.2) is 0 Å². The van der Waals surface area contributed by atoms with Crippen LogP contribution < -0.4 is 5.73 Å². The minimum Gasteiger partial charge on any atom is -0.481 e. The third-order valence-electron chi connectivity index (χ3n) is 1.53. The number of carboxylic acids is 1. The number of nitrogens with two attached hydrogens (primary N) is 1. The average Bonchev–Trinajstić information content (AvgIpc) is 2.15. The monoisotopic (exact) mass is 208 g/mol. The molecule has 0 saturated carbocycles. The first kappa shape index (κ1) is 13.2. The second-order valence-electron chi connectivity index (χ2n) is 3.03. The molecule has 0 atom stereocenters. The lowest BCUT2D eigenvalue weighted by Crippen LogP contribution is -2.09. The third-order valence-corrected chi connectivity index (χ3v) is 1.53. The maximum atomic E-state index is 9.00. The van der Waals surface area contributed by atoms with Gasteiger partial charge in [0.2, 0.25) is 0 Å². The van der Waals surface area contributed by atoms with Gasteiger partial charge in [0, 0.05) is 13.3 Å². The molecule has 4 heteroatoms. The molecule has 1 aromatic carbocycles. The number of aliphatic carboxylic acids is 1. The lowest BCUT2D eigenvalue weighted by Gasteiger charge is -1.97. The van der Waals surface area contributed by atoms with Crippen molar-refractivity contribution in [3.05, 3.63) is 35.9 Å². The van der Waals surface area contributed by atoms with Gasteiger partial charge in [0.1, 0.15) is 0 Å². The molecule has 0 unspecified atom stereocenters. The zero-order valence-corrected chi connectivity index (χ0v) is 8.73. The number of carbonyl (C=O) groups is 1. The Kier molecular flexibility index (Phi) is 6.63. The lowest BCUT2D eigenvalue weighted by atomic mass is 10.1. The van der Waals surface area contributed by atoms with Gasteiger partial charge in [-0.15, -0.1) is 0 Å². The number of aryl methyl sites for hydroxylation is 1. The van der Waals surface area contributed by atoms with Crippen LogP contribution in [0.2, 0.25) is 0 Å². The SMILES string of the molecule is CC(=O)O.N=C(N)CCc1ccccc1. The van der Waals surface area contributed by atoms with E-state index in [0.717, 1.165) is 13.3 Å². The summed E-state index contributed by atoms with van der Waals surface area (Å²) in [6.07, 6.45) is 1.53. The summed E-state index contributed by atoms with van der Waals surface area (Å²) in [5.41, 5.74) is 6.46. The second-order valence-corrected chi connectivity index (χ2v) is 3.03. The molecule has 4 N–H and O–H groups in total. The summed E-state index contributed by atoms with van der Waals surface area (Å²) < 4.78 is 0. The molecule has 82 valence electrons. The Morgan fingerprint density at radius 2 is 1.87 bits per heavy atom. The Bertz CT molecular complexity index is 306. The van der Waals surface area contributed by atoms with Gasteiger partial charge in [-0.1, -0.05) is 30.3 Å². The molecule has 0 aliphatic heterocycles. The highest BCUT2D eigenvalue weighted by molar-refractivity contribution is 5.77. The van der Waals surface area contributed by atoms with Crippen molar-refractivity contribution in [2.24, 2.45) is 5.73 Å². The van der Waals surface area contributed by atoms with Crippen LogP contribution in [0, 0.1) is 5.41 Å². The molecule has 0 aliphatic carbocycles. The Balaban J connectivity index is 0.000000423. The second kappa shape index (κ2) is 7.55. The summed E-state index contributed by atoms with van der Waals surface area (Å²) >= 11 is 0. The van der Waals surface area contributed by atoms with Gasteiger partial charge in [-0.3, -0.25) is 10.2 Å². The van der Waals surface area contributed by atoms with Gasteiger partial charge >= 0.3 is 0 Å². The number of rotatable bonds is 3. The van der Waals surface area contributed by atoms with Crippen LogP contribution in [0.25, 0.3) is 0 Å². The zero-order valence-electron chi connectivity index (χ0n) is 8.73. The first-order valence-corrected chi connectivity index (χ1v) is 4.58. The molecule has 0 amide bonds. The summed E-state index contributed by atoms with van der Waals surface area (Å²) in [4.78, 5) is 9.00. The van der Waals surface area contributed by atoms with E-state index in [1.807, 2.05) is 30.3 Å². The molecule has 1 rings (SSSR count). The Hall–Kier alpha value is -1.84. The van der Waals surface area contributed by atoms with Crippen molar-refractivity contribution in [2.45, 2.75) is 19.8 Å². The van der Waals surface area contributed by atoms with Crippen molar-refractivity contribution in [3.8, 4) is 0 Å². The molecule has 0 aromatic heterocycles. The Morgan fingerprint density at radius 1 is 1.40 bits per heavy atom. The lowest BCUT2D eigenvalue weighted by molar-refractivity contribution is -0.134. The first-order valence-electron chi connectivity index (χ1n) is 4.58. The standard InChI is InChI=1S/C9H12N2.C2H4O2/c10-9(11)7-6-8-4-2-1-3-5-8;1-2(3)4/h1-5H,6-7H2,(H3,10,11);1H3,(H,3,4). The number of amidine groups is 1. The van der Waals surface area contributed by atoms with Crippen molar-refractivity contribution in [1.29, 1.82) is 5.41 Å². The summed E-state index contributed by atoms with van der Waals surface area (Å²) in [5.74, 6) is -0.575. The van der Waals surface area contributed by atoms with E-state index < -0.39 is 5.97 Å². The van der Waals surface area contributed by atoms with Crippen molar-refractivity contribution in [3.63, 3.8) is 0 Å². The van der Waals surface area contributed by atoms with Crippen LogP contribution in [-0.2, 0) is 11.2 Å². The quantitative estimate of drug-likeness (QED) is 0.521. The van der Waals surface area contributed by atoms with Gasteiger partial charge in [-0.2, -0.15) is 0 Å². The maximum Gasteiger partial charge on any atom is 0.300 e. The van der Waals surface area contributed by atoms with Crippen LogP contribution in [0.15, 0.2) is 30.3 Å². The number of hydrogen-bond acceptors (Lipinski definition) is 2. The van der Waals surface area contributed by atoms with Crippen LogP contribution in [0.1, 0.15) is 18.9 Å². The molecule has 0 bridgehead atoms. The summed E-state index contributed by atoms with van der Waals surface area (Å²) in [6, 6.07) is 10.1. The molecule has 4 nitrogen and oxygen atoms in total. The smallest absolute Gasteiger partial charge is 0.300 e. The van der Waals surface area contributed by atoms with Gasteiger partial charge < -0.3 is 10.8 Å².